The van der Waals surface area contributed by atoms with Gasteiger partial charge < -0.3 is 35.6 Å². The van der Waals surface area contributed by atoms with E-state index in [1.54, 1.807) is 46.6 Å². The van der Waals surface area contributed by atoms with Crippen LogP contribution in [0.3, 0.4) is 0 Å². The van der Waals surface area contributed by atoms with E-state index in [2.05, 4.69) is 57.4 Å². The smallest absolute Gasteiger partial charge is 0.413 e. The van der Waals surface area contributed by atoms with Gasteiger partial charge in [0.15, 0.2) is 0 Å². The molecule has 0 unspecified atom stereocenters. The van der Waals surface area contributed by atoms with Crippen molar-refractivity contribution in [3.63, 3.8) is 0 Å². The number of piperazine rings is 1. The Labute approximate surface area is 336 Å². The summed E-state index contributed by atoms with van der Waals surface area (Å²) in [6, 6.07) is 7.99. The summed E-state index contributed by atoms with van der Waals surface area (Å²) in [5.74, 6) is -0.406. The van der Waals surface area contributed by atoms with E-state index in [4.69, 9.17) is 10.5 Å². The topological polar surface area (TPSA) is 187 Å². The van der Waals surface area contributed by atoms with Crippen LogP contribution in [-0.4, -0.2) is 118 Å². The van der Waals surface area contributed by atoms with E-state index in [1.807, 2.05) is 18.2 Å². The quantitative estimate of drug-likeness (QED) is 0.254. The molecule has 5 amide bonds. The molecule has 15 nitrogen and oxygen atoms in total. The first kappa shape index (κ1) is 38.9. The summed E-state index contributed by atoms with van der Waals surface area (Å²) in [6.07, 6.45) is 6.98. The van der Waals surface area contributed by atoms with Gasteiger partial charge in [-0.05, 0) is 119 Å². The van der Waals surface area contributed by atoms with E-state index < -0.39 is 35.7 Å². The van der Waals surface area contributed by atoms with Crippen molar-refractivity contribution in [2.24, 2.45) is 11.7 Å². The number of anilines is 2. The number of aromatic hydroxyl groups is 1. The SMILES string of the molecule is N[C@H](Cc1cc(Br)c(O)c(Br)c1)C(=O)N(C(=O)N1CCC2(CC1)OC(=O)Nc1ncccc12)[C@@H](CC1CCNCC1)C(=O)N1CCN(c2ccncc2)CC1. The number of phenolic OH excluding ortho intramolecular Hbond substituents is 1. The van der Waals surface area contributed by atoms with Crippen LogP contribution in [0.1, 0.15) is 43.2 Å². The van der Waals surface area contributed by atoms with Crippen molar-refractivity contribution in [2.45, 2.75) is 56.2 Å². The number of carbonyl (C=O) groups is 4. The summed E-state index contributed by atoms with van der Waals surface area (Å²) in [4.78, 5) is 72.3. The fourth-order valence-corrected chi connectivity index (χ4v) is 9.43. The average Bonchev–Trinajstić information content (AvgIpc) is 3.20. The number of urea groups is 1. The molecule has 4 aliphatic heterocycles. The maximum atomic E-state index is 14.9. The molecule has 0 radical (unpaired) electrons. The first-order valence-corrected chi connectivity index (χ1v) is 20.3. The van der Waals surface area contributed by atoms with Gasteiger partial charge in [0.25, 0.3) is 0 Å². The zero-order chi connectivity index (χ0) is 38.7. The highest BCUT2D eigenvalue weighted by Gasteiger charge is 2.48. The van der Waals surface area contributed by atoms with Gasteiger partial charge in [0.2, 0.25) is 11.8 Å². The highest BCUT2D eigenvalue weighted by atomic mass is 79.9. The Morgan fingerprint density at radius 1 is 0.982 bits per heavy atom. The number of ether oxygens (including phenoxy) is 1. The lowest BCUT2D eigenvalue weighted by Crippen LogP contribution is -2.63. The van der Waals surface area contributed by atoms with E-state index in [0.717, 1.165) is 42.1 Å². The molecule has 6 heterocycles. The molecular weight excluding hydrogens is 838 g/mol. The number of likely N-dealkylation sites (tertiary alicyclic amines) is 1. The van der Waals surface area contributed by atoms with E-state index >= 15 is 0 Å². The van der Waals surface area contributed by atoms with Gasteiger partial charge in [0, 0.05) is 82.0 Å². The second kappa shape index (κ2) is 16.8. The number of fused-ring (bicyclic) bond motifs is 2. The summed E-state index contributed by atoms with van der Waals surface area (Å²) in [5.41, 5.74) is 8.10. The highest BCUT2D eigenvalue weighted by Crippen LogP contribution is 2.43. The number of benzene rings is 1. The van der Waals surface area contributed by atoms with E-state index in [0.29, 0.717) is 52.9 Å². The number of imide groups is 1. The fourth-order valence-electron chi connectivity index (χ4n) is 8.15. The number of rotatable bonds is 8. The van der Waals surface area contributed by atoms with Gasteiger partial charge in [-0.1, -0.05) is 0 Å². The summed E-state index contributed by atoms with van der Waals surface area (Å²) >= 11 is 6.71. The molecule has 0 bridgehead atoms. The van der Waals surface area contributed by atoms with Crippen molar-refractivity contribution in [2.75, 3.05) is 62.6 Å². The largest absolute Gasteiger partial charge is 0.506 e. The predicted molar refractivity (Wildman–Crippen MR) is 211 cm³/mol. The Kier molecular flexibility index (Phi) is 11.9. The van der Waals surface area contributed by atoms with Crippen LogP contribution in [0.2, 0.25) is 0 Å². The lowest BCUT2D eigenvalue weighted by Gasteiger charge is -2.46. The number of piperidine rings is 2. The normalized spacial score (nSPS) is 19.5. The first-order valence-electron chi connectivity index (χ1n) is 18.7. The molecule has 17 heteroatoms. The van der Waals surface area contributed by atoms with Gasteiger partial charge in [0.05, 0.1) is 15.0 Å². The third kappa shape index (κ3) is 8.44. The monoisotopic (exact) mass is 881 g/mol. The van der Waals surface area contributed by atoms with Crippen LogP contribution in [0.5, 0.6) is 5.75 Å². The molecule has 292 valence electrons. The van der Waals surface area contributed by atoms with E-state index in [-0.39, 0.29) is 49.9 Å². The van der Waals surface area contributed by atoms with E-state index in [9.17, 15) is 24.3 Å². The molecule has 3 saturated heterocycles. The van der Waals surface area contributed by atoms with Crippen molar-refractivity contribution in [1.29, 1.82) is 0 Å². The molecule has 2 aromatic heterocycles. The molecule has 3 fully saturated rings. The molecule has 55 heavy (non-hydrogen) atoms. The third-order valence-corrected chi connectivity index (χ3v) is 12.4. The number of halogens is 2. The van der Waals surface area contributed by atoms with Gasteiger partial charge in [0.1, 0.15) is 23.2 Å². The number of amides is 5. The van der Waals surface area contributed by atoms with Crippen LogP contribution in [-0.2, 0) is 26.3 Å². The standard InChI is InChI=1S/C38H45Br2N9O6/c39-28-20-25(21-29(40)32(28)50)22-30(41)34(51)49(37(54)48-14-7-38(8-15-48)27-2-1-9-44-33(27)45-36(53)55-38)31(23-24-3-10-42-11-4-24)35(52)47-18-16-46(17-19-47)26-5-12-43-13-6-26/h1-2,5-6,9,12-13,20-21,24,30-31,42,50H,3-4,7-8,10-11,14-19,22-23,41H2,(H,44,45,53)/t30-,31+/m1/s1. The maximum absolute atomic E-state index is 14.9. The van der Waals surface area contributed by atoms with Gasteiger partial charge in [-0.15, -0.1) is 0 Å². The van der Waals surface area contributed by atoms with Crippen molar-refractivity contribution in [3.8, 4) is 5.75 Å². The number of nitrogens with two attached hydrogens (primary N) is 1. The minimum absolute atomic E-state index is 0.0119. The van der Waals surface area contributed by atoms with Gasteiger partial charge >= 0.3 is 12.1 Å². The van der Waals surface area contributed by atoms with Crippen LogP contribution in [0.15, 0.2) is 63.9 Å². The summed E-state index contributed by atoms with van der Waals surface area (Å²) in [6.45, 7) is 3.88. The molecule has 7 rings (SSSR count). The minimum Gasteiger partial charge on any atom is -0.506 e. The number of phenols is 1. The molecule has 2 atom stereocenters. The Morgan fingerprint density at radius 3 is 2.33 bits per heavy atom. The Hall–Kier alpha value is -4.32. The minimum atomic E-state index is -1.18. The number of hydrogen-bond donors (Lipinski definition) is 4. The number of hydrogen-bond acceptors (Lipinski definition) is 11. The molecule has 1 aromatic carbocycles. The van der Waals surface area contributed by atoms with Crippen LogP contribution < -0.4 is 21.3 Å². The van der Waals surface area contributed by atoms with Gasteiger partial charge in [-0.2, -0.15) is 0 Å². The van der Waals surface area contributed by atoms with Crippen LogP contribution >= 0.6 is 31.9 Å². The summed E-state index contributed by atoms with van der Waals surface area (Å²) in [5, 5.41) is 16.3. The molecule has 0 saturated carbocycles. The first-order chi connectivity index (χ1) is 26.5. The second-order valence-electron chi connectivity index (χ2n) is 14.6. The summed E-state index contributed by atoms with van der Waals surface area (Å²) < 4.78 is 6.73. The number of nitrogens with one attached hydrogen (secondary N) is 2. The Morgan fingerprint density at radius 2 is 1.65 bits per heavy atom. The Bertz CT molecular complexity index is 1880. The molecule has 4 aliphatic rings. The van der Waals surface area contributed by atoms with Crippen LogP contribution in [0.25, 0.3) is 0 Å². The molecule has 5 N–H and O–H groups in total. The van der Waals surface area contributed by atoms with Gasteiger partial charge in [-0.3, -0.25) is 24.8 Å². The second-order valence-corrected chi connectivity index (χ2v) is 16.3. The average molecular weight is 884 g/mol. The fraction of sp³-hybridized carbons (Fsp3) is 0.474. The zero-order valence-corrected chi connectivity index (χ0v) is 33.5. The number of carbonyl (C=O) groups excluding carboxylic acids is 4. The third-order valence-electron chi connectivity index (χ3n) is 11.2. The van der Waals surface area contributed by atoms with Crippen LogP contribution in [0, 0.1) is 5.92 Å². The van der Waals surface area contributed by atoms with Crippen molar-refractivity contribution in [1.82, 2.24) is 30.0 Å². The molecule has 1 spiro atoms. The van der Waals surface area contributed by atoms with Crippen LogP contribution in [0.4, 0.5) is 21.1 Å². The zero-order valence-electron chi connectivity index (χ0n) is 30.3. The van der Waals surface area contributed by atoms with Crippen molar-refractivity contribution in [3.05, 3.63) is 75.1 Å². The van der Waals surface area contributed by atoms with Crippen molar-refractivity contribution < 1.29 is 29.0 Å². The highest BCUT2D eigenvalue weighted by molar-refractivity contribution is 9.11. The lowest BCUT2D eigenvalue weighted by molar-refractivity contribution is -0.145. The molecule has 3 aromatic rings. The van der Waals surface area contributed by atoms with E-state index in [1.165, 1.54) is 0 Å². The number of aromatic nitrogens is 2. The maximum Gasteiger partial charge on any atom is 0.413 e. The Balaban J connectivity index is 1.18. The number of nitrogens with zero attached hydrogens (tertiary/aromatic N) is 6. The van der Waals surface area contributed by atoms with Gasteiger partial charge in [-0.25, -0.2) is 14.6 Å². The number of pyridine rings is 2. The molecular formula is C38H45Br2N9O6. The lowest BCUT2D eigenvalue weighted by atomic mass is 9.83. The summed E-state index contributed by atoms with van der Waals surface area (Å²) in [7, 11) is 0. The van der Waals surface area contributed by atoms with Crippen molar-refractivity contribution >= 4 is 67.3 Å². The predicted octanol–water partition coefficient (Wildman–Crippen LogP) is 4.19. The molecule has 0 aliphatic carbocycles.